The number of anilines is 3. The first-order valence-corrected chi connectivity index (χ1v) is 9.87. The van der Waals surface area contributed by atoms with Crippen molar-refractivity contribution in [1.82, 2.24) is 20.3 Å². The van der Waals surface area contributed by atoms with Gasteiger partial charge in [0.25, 0.3) is 0 Å². The van der Waals surface area contributed by atoms with Crippen molar-refractivity contribution in [2.75, 3.05) is 23.3 Å². The van der Waals surface area contributed by atoms with Crippen molar-refractivity contribution >= 4 is 34.1 Å². The number of benzene rings is 2. The molecule has 7 heteroatoms. The van der Waals surface area contributed by atoms with Crippen LogP contribution in [0.2, 0.25) is 0 Å². The fraction of sp³-hybridized carbons (Fsp3) is 0.130. The second-order valence-corrected chi connectivity index (χ2v) is 7.06. The molecular weight excluding hydrogens is 376 g/mol. The fourth-order valence-electron chi connectivity index (χ4n) is 3.57. The number of hydrogen-bond donors (Lipinski definition) is 2. The normalized spacial score (nSPS) is 13.9. The summed E-state index contributed by atoms with van der Waals surface area (Å²) in [5.41, 5.74) is 3.46. The molecule has 0 saturated carbocycles. The van der Waals surface area contributed by atoms with Gasteiger partial charge in [-0.05, 0) is 48.9 Å². The van der Waals surface area contributed by atoms with E-state index in [0.29, 0.717) is 18.2 Å². The van der Waals surface area contributed by atoms with E-state index in [-0.39, 0.29) is 6.03 Å². The summed E-state index contributed by atoms with van der Waals surface area (Å²) in [6, 6.07) is 19.4. The van der Waals surface area contributed by atoms with E-state index in [0.717, 1.165) is 40.8 Å². The molecule has 2 aromatic heterocycles. The molecule has 7 nitrogen and oxygen atoms in total. The zero-order valence-corrected chi connectivity index (χ0v) is 16.2. The summed E-state index contributed by atoms with van der Waals surface area (Å²) in [7, 11) is 0. The topological polar surface area (TPSA) is 83.0 Å². The Balaban J connectivity index is 1.54. The molecule has 5 rings (SSSR count). The standard InChI is InChI=1S/C23H20N6O/c30-23-25-11-4-14-29(23)18-6-3-5-17(15-18)26-22-19-7-1-2-8-20(19)27-21(28-22)16-9-12-24-13-10-16/h1-3,5-10,12-13,15H,4,11,14H2,(H,25,30)(H,26,27,28). The van der Waals surface area contributed by atoms with Gasteiger partial charge in [-0.25, -0.2) is 14.8 Å². The van der Waals surface area contributed by atoms with Gasteiger partial charge in [0, 0.05) is 47.8 Å². The van der Waals surface area contributed by atoms with Crippen molar-refractivity contribution < 1.29 is 4.79 Å². The molecule has 0 unspecified atom stereocenters. The van der Waals surface area contributed by atoms with Crippen LogP contribution < -0.4 is 15.5 Å². The Labute approximate surface area is 173 Å². The molecule has 30 heavy (non-hydrogen) atoms. The van der Waals surface area contributed by atoms with Crippen molar-refractivity contribution in [2.45, 2.75) is 6.42 Å². The Kier molecular flexibility index (Phi) is 4.69. The Morgan fingerprint density at radius 1 is 0.967 bits per heavy atom. The van der Waals surface area contributed by atoms with Gasteiger partial charge in [-0.2, -0.15) is 0 Å². The number of nitrogens with one attached hydrogen (secondary N) is 2. The number of carbonyl (C=O) groups excluding carboxylic acids is 1. The Morgan fingerprint density at radius 2 is 1.83 bits per heavy atom. The Bertz CT molecular complexity index is 1210. The van der Waals surface area contributed by atoms with Gasteiger partial charge in [0.15, 0.2) is 5.82 Å². The molecule has 1 saturated heterocycles. The molecule has 0 spiro atoms. The van der Waals surface area contributed by atoms with E-state index in [1.807, 2.05) is 60.7 Å². The molecular formula is C23H20N6O. The van der Waals surface area contributed by atoms with Gasteiger partial charge in [-0.3, -0.25) is 9.88 Å². The molecule has 3 heterocycles. The first kappa shape index (κ1) is 18.1. The summed E-state index contributed by atoms with van der Waals surface area (Å²) >= 11 is 0. The van der Waals surface area contributed by atoms with Gasteiger partial charge in [0.2, 0.25) is 0 Å². The predicted octanol–water partition coefficient (Wildman–Crippen LogP) is 4.36. The maximum absolute atomic E-state index is 12.2. The van der Waals surface area contributed by atoms with Crippen LogP contribution in [0.3, 0.4) is 0 Å². The minimum atomic E-state index is -0.0640. The molecule has 1 fully saturated rings. The first-order chi connectivity index (χ1) is 14.8. The number of nitrogens with zero attached hydrogens (tertiary/aromatic N) is 4. The van der Waals surface area contributed by atoms with Gasteiger partial charge >= 0.3 is 6.03 Å². The number of fused-ring (bicyclic) bond motifs is 1. The second kappa shape index (κ2) is 7.79. The zero-order chi connectivity index (χ0) is 20.3. The average molecular weight is 396 g/mol. The van der Waals surface area contributed by atoms with E-state index in [1.165, 1.54) is 0 Å². The molecule has 1 aliphatic heterocycles. The van der Waals surface area contributed by atoms with E-state index >= 15 is 0 Å². The molecule has 0 aliphatic carbocycles. The molecule has 4 aromatic rings. The molecule has 2 aromatic carbocycles. The summed E-state index contributed by atoms with van der Waals surface area (Å²) in [5.74, 6) is 1.35. The van der Waals surface area contributed by atoms with Crippen LogP contribution >= 0.6 is 0 Å². The number of urea groups is 1. The predicted molar refractivity (Wildman–Crippen MR) is 118 cm³/mol. The van der Waals surface area contributed by atoms with Crippen LogP contribution in [0.4, 0.5) is 22.0 Å². The van der Waals surface area contributed by atoms with E-state index in [1.54, 1.807) is 17.3 Å². The third-order valence-corrected chi connectivity index (χ3v) is 5.04. The maximum Gasteiger partial charge on any atom is 0.321 e. The van der Waals surface area contributed by atoms with Gasteiger partial charge in [-0.1, -0.05) is 18.2 Å². The molecule has 2 amide bonds. The highest BCUT2D eigenvalue weighted by atomic mass is 16.2. The van der Waals surface area contributed by atoms with Crippen molar-refractivity contribution in [3.63, 3.8) is 0 Å². The van der Waals surface area contributed by atoms with Crippen LogP contribution in [0.15, 0.2) is 73.1 Å². The zero-order valence-electron chi connectivity index (χ0n) is 16.2. The van der Waals surface area contributed by atoms with Crippen LogP contribution in [-0.4, -0.2) is 34.1 Å². The number of amides is 2. The van der Waals surface area contributed by atoms with Crippen LogP contribution in [0.1, 0.15) is 6.42 Å². The number of pyridine rings is 1. The Hall–Kier alpha value is -4.00. The summed E-state index contributed by atoms with van der Waals surface area (Å²) in [6.07, 6.45) is 4.39. The number of rotatable bonds is 4. The lowest BCUT2D eigenvalue weighted by atomic mass is 10.2. The highest BCUT2D eigenvalue weighted by Gasteiger charge is 2.19. The van der Waals surface area contributed by atoms with Gasteiger partial charge in [0.05, 0.1) is 5.52 Å². The number of hydrogen-bond acceptors (Lipinski definition) is 5. The SMILES string of the molecule is O=C1NCCCN1c1cccc(Nc2nc(-c3ccncc3)nc3ccccc23)c1. The third kappa shape index (κ3) is 3.53. The van der Waals surface area contributed by atoms with Crippen molar-refractivity contribution in [3.05, 3.63) is 73.1 Å². The molecule has 0 atom stereocenters. The summed E-state index contributed by atoms with van der Waals surface area (Å²) in [5, 5.41) is 7.24. The largest absolute Gasteiger partial charge is 0.340 e. The molecule has 148 valence electrons. The van der Waals surface area contributed by atoms with Crippen LogP contribution in [0.5, 0.6) is 0 Å². The van der Waals surface area contributed by atoms with Crippen LogP contribution in [-0.2, 0) is 0 Å². The highest BCUT2D eigenvalue weighted by molar-refractivity contribution is 5.94. The van der Waals surface area contributed by atoms with E-state index < -0.39 is 0 Å². The number of aromatic nitrogens is 3. The van der Waals surface area contributed by atoms with Crippen molar-refractivity contribution in [1.29, 1.82) is 0 Å². The quantitative estimate of drug-likeness (QED) is 0.536. The third-order valence-electron chi connectivity index (χ3n) is 5.04. The molecule has 0 radical (unpaired) electrons. The van der Waals surface area contributed by atoms with Crippen LogP contribution in [0.25, 0.3) is 22.3 Å². The van der Waals surface area contributed by atoms with Crippen molar-refractivity contribution in [3.8, 4) is 11.4 Å². The van der Waals surface area contributed by atoms with Crippen LogP contribution in [0, 0.1) is 0 Å². The lowest BCUT2D eigenvalue weighted by molar-refractivity contribution is 0.243. The summed E-state index contributed by atoms with van der Waals surface area (Å²) < 4.78 is 0. The van der Waals surface area contributed by atoms with Gasteiger partial charge < -0.3 is 10.6 Å². The lowest BCUT2D eigenvalue weighted by Crippen LogP contribution is -2.46. The molecule has 1 aliphatic rings. The Morgan fingerprint density at radius 3 is 2.70 bits per heavy atom. The maximum atomic E-state index is 12.2. The molecule has 2 N–H and O–H groups in total. The number of para-hydroxylation sites is 1. The smallest absolute Gasteiger partial charge is 0.321 e. The first-order valence-electron chi connectivity index (χ1n) is 9.87. The van der Waals surface area contributed by atoms with Gasteiger partial charge in [0.1, 0.15) is 5.82 Å². The van der Waals surface area contributed by atoms with Gasteiger partial charge in [-0.15, -0.1) is 0 Å². The monoisotopic (exact) mass is 396 g/mol. The lowest BCUT2D eigenvalue weighted by Gasteiger charge is -2.27. The summed E-state index contributed by atoms with van der Waals surface area (Å²) in [6.45, 7) is 1.43. The van der Waals surface area contributed by atoms with E-state index in [2.05, 4.69) is 15.6 Å². The minimum Gasteiger partial charge on any atom is -0.340 e. The fourth-order valence-corrected chi connectivity index (χ4v) is 3.57. The van der Waals surface area contributed by atoms with E-state index in [9.17, 15) is 4.79 Å². The summed E-state index contributed by atoms with van der Waals surface area (Å²) in [4.78, 5) is 27.5. The van der Waals surface area contributed by atoms with E-state index in [4.69, 9.17) is 9.97 Å². The molecule has 0 bridgehead atoms. The average Bonchev–Trinajstić information content (AvgIpc) is 2.80. The second-order valence-electron chi connectivity index (χ2n) is 7.06. The highest BCUT2D eigenvalue weighted by Crippen LogP contribution is 2.29. The van der Waals surface area contributed by atoms with Crippen molar-refractivity contribution in [2.24, 2.45) is 0 Å². The minimum absolute atomic E-state index is 0.0640. The number of carbonyl (C=O) groups is 1.